The minimum atomic E-state index is -1.03. The molecular weight excluding hydrogens is 493 g/mol. The Morgan fingerprint density at radius 1 is 1.03 bits per heavy atom. The Labute approximate surface area is 209 Å². The average Bonchev–Trinajstić information content (AvgIpc) is 3.39. The number of nitrogens with zero attached hydrogens (tertiary/aromatic N) is 1. The lowest BCUT2D eigenvalue weighted by atomic mass is 9.94. The van der Waals surface area contributed by atoms with Gasteiger partial charge in [0.2, 0.25) is 5.78 Å². The van der Waals surface area contributed by atoms with Crippen LogP contribution in [-0.2, 0) is 4.79 Å². The number of hydrogen-bond acceptors (Lipinski definition) is 6. The number of benzene rings is 3. The number of methoxy groups -OCH3 is 1. The fourth-order valence-electron chi connectivity index (χ4n) is 4.18. The zero-order valence-corrected chi connectivity index (χ0v) is 19.7. The molecule has 0 fully saturated rings. The Hall–Kier alpha value is -3.94. The first kappa shape index (κ1) is 22.8. The van der Waals surface area contributed by atoms with Crippen LogP contribution in [0, 0.1) is 0 Å². The molecule has 2 heterocycles. The predicted octanol–water partition coefficient (Wildman–Crippen LogP) is 6.24. The Bertz CT molecular complexity index is 1530. The van der Waals surface area contributed by atoms with Crippen LogP contribution in [0.2, 0.25) is 10.0 Å². The van der Waals surface area contributed by atoms with Gasteiger partial charge in [0.05, 0.1) is 23.7 Å². The molecule has 176 valence electrons. The maximum absolute atomic E-state index is 13.7. The zero-order chi connectivity index (χ0) is 24.9. The van der Waals surface area contributed by atoms with Gasteiger partial charge < -0.3 is 19.4 Å². The number of para-hydroxylation sites is 1. The summed E-state index contributed by atoms with van der Waals surface area (Å²) in [6.07, 6.45) is 0. The van der Waals surface area contributed by atoms with E-state index in [1.54, 1.807) is 42.5 Å². The number of anilines is 1. The summed E-state index contributed by atoms with van der Waals surface area (Å²) in [5.74, 6) is -2.10. The quantitative estimate of drug-likeness (QED) is 0.309. The minimum Gasteiger partial charge on any atom is -0.506 e. The van der Waals surface area contributed by atoms with E-state index in [1.807, 2.05) is 0 Å². The van der Waals surface area contributed by atoms with E-state index in [0.717, 1.165) is 0 Å². The zero-order valence-electron chi connectivity index (χ0n) is 18.2. The molecule has 9 heteroatoms. The number of Topliss-reactive ketones (excluding diaryl/α,β-unsaturated/α-hetero) is 1. The second-order valence-corrected chi connectivity index (χ2v) is 8.70. The number of ketones is 1. The molecule has 2 N–H and O–H groups in total. The first-order valence-electron chi connectivity index (χ1n) is 10.4. The number of aliphatic hydroxyl groups is 1. The molecule has 1 aliphatic rings. The van der Waals surface area contributed by atoms with Gasteiger partial charge in [-0.05, 0) is 42.0 Å². The lowest BCUT2D eigenvalue weighted by Gasteiger charge is -2.27. The SMILES string of the molecule is COc1cc(Cl)cc2cc(C(=O)C3=C(O)C(=O)N(c4ccccc4)C3c3ccc(O)c(Cl)c3)oc12. The van der Waals surface area contributed by atoms with Crippen LogP contribution in [0.25, 0.3) is 11.0 Å². The van der Waals surface area contributed by atoms with Crippen LogP contribution in [0.15, 0.2) is 82.5 Å². The monoisotopic (exact) mass is 509 g/mol. The van der Waals surface area contributed by atoms with Crippen LogP contribution in [-0.4, -0.2) is 29.0 Å². The van der Waals surface area contributed by atoms with E-state index in [1.165, 1.54) is 36.3 Å². The van der Waals surface area contributed by atoms with Crippen molar-refractivity contribution in [1.82, 2.24) is 0 Å². The van der Waals surface area contributed by atoms with Gasteiger partial charge in [0.15, 0.2) is 22.9 Å². The van der Waals surface area contributed by atoms with E-state index < -0.39 is 23.5 Å². The maximum atomic E-state index is 13.7. The summed E-state index contributed by atoms with van der Waals surface area (Å²) in [6.45, 7) is 0. The number of halogens is 2. The van der Waals surface area contributed by atoms with Crippen LogP contribution in [0.4, 0.5) is 5.69 Å². The number of rotatable bonds is 5. The molecule has 1 aromatic heterocycles. The van der Waals surface area contributed by atoms with Gasteiger partial charge in [-0.15, -0.1) is 0 Å². The molecule has 0 spiro atoms. The second kappa shape index (κ2) is 8.69. The minimum absolute atomic E-state index is 0.0317. The highest BCUT2D eigenvalue weighted by Gasteiger charge is 2.45. The van der Waals surface area contributed by atoms with Crippen LogP contribution in [0.1, 0.15) is 22.2 Å². The number of amides is 1. The first-order valence-corrected chi connectivity index (χ1v) is 11.2. The third kappa shape index (κ3) is 3.79. The van der Waals surface area contributed by atoms with Gasteiger partial charge in [0.25, 0.3) is 5.91 Å². The van der Waals surface area contributed by atoms with Gasteiger partial charge >= 0.3 is 0 Å². The fraction of sp³-hybridized carbons (Fsp3) is 0.0769. The van der Waals surface area contributed by atoms with Crippen LogP contribution >= 0.6 is 23.2 Å². The smallest absolute Gasteiger partial charge is 0.294 e. The van der Waals surface area contributed by atoms with Crippen molar-refractivity contribution in [3.05, 3.63) is 99.4 Å². The van der Waals surface area contributed by atoms with Gasteiger partial charge in [-0.2, -0.15) is 0 Å². The van der Waals surface area contributed by atoms with Crippen molar-refractivity contribution in [3.63, 3.8) is 0 Å². The molecule has 1 atom stereocenters. The lowest BCUT2D eigenvalue weighted by Crippen LogP contribution is -2.31. The maximum Gasteiger partial charge on any atom is 0.294 e. The van der Waals surface area contributed by atoms with Crippen LogP contribution < -0.4 is 9.64 Å². The topological polar surface area (TPSA) is 100 Å². The number of carbonyl (C=O) groups excluding carboxylic acids is 2. The van der Waals surface area contributed by atoms with E-state index in [2.05, 4.69) is 0 Å². The lowest BCUT2D eigenvalue weighted by molar-refractivity contribution is -0.117. The van der Waals surface area contributed by atoms with E-state index >= 15 is 0 Å². The highest BCUT2D eigenvalue weighted by Crippen LogP contribution is 2.44. The molecule has 4 aromatic rings. The summed E-state index contributed by atoms with van der Waals surface area (Å²) in [4.78, 5) is 28.2. The summed E-state index contributed by atoms with van der Waals surface area (Å²) in [7, 11) is 1.45. The number of ether oxygens (including phenoxy) is 1. The van der Waals surface area contributed by atoms with E-state index in [0.29, 0.717) is 33.0 Å². The largest absolute Gasteiger partial charge is 0.506 e. The van der Waals surface area contributed by atoms with Crippen molar-refractivity contribution in [2.75, 3.05) is 12.0 Å². The predicted molar refractivity (Wildman–Crippen MR) is 132 cm³/mol. The number of hydrogen-bond donors (Lipinski definition) is 2. The van der Waals surface area contributed by atoms with Crippen molar-refractivity contribution in [1.29, 1.82) is 0 Å². The van der Waals surface area contributed by atoms with E-state index in [4.69, 9.17) is 32.4 Å². The van der Waals surface area contributed by atoms with Crippen molar-refractivity contribution in [2.24, 2.45) is 0 Å². The summed E-state index contributed by atoms with van der Waals surface area (Å²) < 4.78 is 11.1. The molecule has 0 saturated heterocycles. The van der Waals surface area contributed by atoms with Crippen molar-refractivity contribution < 1.29 is 29.0 Å². The summed E-state index contributed by atoms with van der Waals surface area (Å²) in [5.41, 5.74) is 0.978. The average molecular weight is 510 g/mol. The Morgan fingerprint density at radius 3 is 2.46 bits per heavy atom. The Balaban J connectivity index is 1.68. The Morgan fingerprint density at radius 2 is 1.77 bits per heavy atom. The molecule has 0 aliphatic carbocycles. The molecule has 35 heavy (non-hydrogen) atoms. The van der Waals surface area contributed by atoms with E-state index in [9.17, 15) is 19.8 Å². The first-order chi connectivity index (χ1) is 16.8. The van der Waals surface area contributed by atoms with Crippen LogP contribution in [0.3, 0.4) is 0 Å². The van der Waals surface area contributed by atoms with Crippen molar-refractivity contribution in [3.8, 4) is 11.5 Å². The number of phenolic OH excluding ortho intramolecular Hbond substituents is 1. The summed E-state index contributed by atoms with van der Waals surface area (Å²) in [5, 5.41) is 21.7. The number of phenols is 1. The van der Waals surface area contributed by atoms with E-state index in [-0.39, 0.29) is 22.1 Å². The number of carbonyl (C=O) groups is 2. The van der Waals surface area contributed by atoms with Gasteiger partial charge in [-0.3, -0.25) is 14.5 Å². The number of fused-ring (bicyclic) bond motifs is 1. The van der Waals surface area contributed by atoms with Crippen molar-refractivity contribution >= 4 is 51.5 Å². The molecule has 0 radical (unpaired) electrons. The number of furan rings is 1. The van der Waals surface area contributed by atoms with Crippen LogP contribution in [0.5, 0.6) is 11.5 Å². The highest BCUT2D eigenvalue weighted by molar-refractivity contribution is 6.32. The fourth-order valence-corrected chi connectivity index (χ4v) is 4.59. The molecule has 5 rings (SSSR count). The normalized spacial score (nSPS) is 15.8. The molecular formula is C26H17Cl2NO6. The highest BCUT2D eigenvalue weighted by atomic mass is 35.5. The molecule has 0 saturated carbocycles. The molecule has 1 amide bonds. The van der Waals surface area contributed by atoms with Gasteiger partial charge in [-0.25, -0.2) is 0 Å². The second-order valence-electron chi connectivity index (χ2n) is 7.85. The molecule has 1 aliphatic heterocycles. The molecule has 0 bridgehead atoms. The van der Waals surface area contributed by atoms with Crippen molar-refractivity contribution in [2.45, 2.75) is 6.04 Å². The number of aromatic hydroxyl groups is 1. The third-order valence-electron chi connectivity index (χ3n) is 5.77. The molecule has 3 aromatic carbocycles. The standard InChI is InChI=1S/C26H17Cl2NO6/c1-34-20-12-15(27)9-14-11-19(35-25(14)20)23(31)21-22(13-7-8-18(30)17(28)10-13)29(26(33)24(21)32)16-5-3-2-4-6-16/h2-12,22,30,32H,1H3. The number of aliphatic hydroxyl groups excluding tert-OH is 1. The molecule has 7 nitrogen and oxygen atoms in total. The summed E-state index contributed by atoms with van der Waals surface area (Å²) in [6, 6.07) is 16.5. The summed E-state index contributed by atoms with van der Waals surface area (Å²) >= 11 is 12.3. The third-order valence-corrected chi connectivity index (χ3v) is 6.29. The van der Waals surface area contributed by atoms with Gasteiger partial charge in [-0.1, -0.05) is 47.5 Å². The van der Waals surface area contributed by atoms with Gasteiger partial charge in [0, 0.05) is 22.2 Å². The molecule has 1 unspecified atom stereocenters. The van der Waals surface area contributed by atoms with Gasteiger partial charge in [0.1, 0.15) is 5.75 Å². The Kier molecular flexibility index (Phi) is 5.67.